The smallest absolute Gasteiger partial charge is 0.227 e. The summed E-state index contributed by atoms with van der Waals surface area (Å²) in [7, 11) is 0. The van der Waals surface area contributed by atoms with E-state index in [0.29, 0.717) is 18.1 Å². The minimum absolute atomic E-state index is 0.0749. The number of furan rings is 1. The van der Waals surface area contributed by atoms with Crippen LogP contribution in [0.15, 0.2) is 27.3 Å². The van der Waals surface area contributed by atoms with Gasteiger partial charge < -0.3 is 13.8 Å². The van der Waals surface area contributed by atoms with Crippen LogP contribution in [-0.4, -0.2) is 27.5 Å². The van der Waals surface area contributed by atoms with Gasteiger partial charge in [-0.05, 0) is 37.8 Å². The Balaban J connectivity index is 1.58. The van der Waals surface area contributed by atoms with Crippen LogP contribution in [0.1, 0.15) is 47.3 Å². The number of hydrogen-bond acceptors (Lipinski definition) is 5. The molecular weight excluding hydrogens is 318 g/mol. The molecule has 6 heteroatoms. The van der Waals surface area contributed by atoms with Crippen LogP contribution in [0.5, 0.6) is 0 Å². The molecule has 0 bridgehead atoms. The molecule has 1 aromatic carbocycles. The van der Waals surface area contributed by atoms with Crippen LogP contribution in [0.3, 0.4) is 0 Å². The SMILES string of the molecule is Cc1nc(C2CCCN2C(=O)Cc2coc3c(C)c(C)ccc23)no1. The number of carbonyl (C=O) groups excluding carboxylic acids is 1. The van der Waals surface area contributed by atoms with Crippen LogP contribution in [0.4, 0.5) is 0 Å². The van der Waals surface area contributed by atoms with E-state index in [1.165, 1.54) is 5.56 Å². The predicted octanol–water partition coefficient (Wildman–Crippen LogP) is 3.65. The minimum Gasteiger partial charge on any atom is -0.464 e. The summed E-state index contributed by atoms with van der Waals surface area (Å²) in [5.41, 5.74) is 4.11. The molecule has 1 saturated heterocycles. The molecule has 0 radical (unpaired) electrons. The van der Waals surface area contributed by atoms with Gasteiger partial charge in [0, 0.05) is 24.4 Å². The van der Waals surface area contributed by atoms with Crippen molar-refractivity contribution >= 4 is 16.9 Å². The minimum atomic E-state index is -0.0907. The molecule has 130 valence electrons. The molecule has 1 aliphatic rings. The topological polar surface area (TPSA) is 72.4 Å². The van der Waals surface area contributed by atoms with Gasteiger partial charge in [0.1, 0.15) is 5.58 Å². The number of fused-ring (bicyclic) bond motifs is 1. The molecule has 1 fully saturated rings. The van der Waals surface area contributed by atoms with E-state index in [-0.39, 0.29) is 11.9 Å². The lowest BCUT2D eigenvalue weighted by Crippen LogP contribution is -2.32. The van der Waals surface area contributed by atoms with Gasteiger partial charge in [-0.1, -0.05) is 17.3 Å². The molecular formula is C19H21N3O3. The fraction of sp³-hybridized carbons (Fsp3) is 0.421. The number of carbonyl (C=O) groups is 1. The van der Waals surface area contributed by atoms with Gasteiger partial charge in [0.2, 0.25) is 11.8 Å². The van der Waals surface area contributed by atoms with Crippen LogP contribution >= 0.6 is 0 Å². The zero-order valence-corrected chi connectivity index (χ0v) is 14.7. The van der Waals surface area contributed by atoms with Crippen molar-refractivity contribution in [1.29, 1.82) is 0 Å². The van der Waals surface area contributed by atoms with Crippen LogP contribution in [0.25, 0.3) is 11.0 Å². The molecule has 3 aromatic rings. The third kappa shape index (κ3) is 2.71. The first kappa shape index (κ1) is 15.9. The van der Waals surface area contributed by atoms with Crippen LogP contribution in [-0.2, 0) is 11.2 Å². The van der Waals surface area contributed by atoms with Gasteiger partial charge in [-0.2, -0.15) is 4.98 Å². The molecule has 1 aliphatic heterocycles. The first-order valence-corrected chi connectivity index (χ1v) is 8.60. The van der Waals surface area contributed by atoms with Crippen molar-refractivity contribution in [2.75, 3.05) is 6.54 Å². The highest BCUT2D eigenvalue weighted by Crippen LogP contribution is 2.32. The quantitative estimate of drug-likeness (QED) is 0.728. The molecule has 1 amide bonds. The largest absolute Gasteiger partial charge is 0.464 e. The van der Waals surface area contributed by atoms with Crippen molar-refractivity contribution in [3.63, 3.8) is 0 Å². The number of likely N-dealkylation sites (tertiary alicyclic amines) is 1. The maximum atomic E-state index is 12.9. The zero-order valence-electron chi connectivity index (χ0n) is 14.7. The number of nitrogens with zero attached hydrogens (tertiary/aromatic N) is 3. The van der Waals surface area contributed by atoms with E-state index in [0.717, 1.165) is 41.5 Å². The number of aromatic nitrogens is 2. The van der Waals surface area contributed by atoms with Gasteiger partial charge in [-0.3, -0.25) is 4.79 Å². The third-order valence-corrected chi connectivity index (χ3v) is 5.10. The summed E-state index contributed by atoms with van der Waals surface area (Å²) < 4.78 is 10.8. The summed E-state index contributed by atoms with van der Waals surface area (Å²) in [5.74, 6) is 1.21. The molecule has 1 atom stereocenters. The van der Waals surface area contributed by atoms with Gasteiger partial charge in [0.15, 0.2) is 5.82 Å². The van der Waals surface area contributed by atoms with Gasteiger partial charge in [-0.25, -0.2) is 0 Å². The van der Waals surface area contributed by atoms with E-state index in [4.69, 9.17) is 8.94 Å². The van der Waals surface area contributed by atoms with Crippen LogP contribution in [0, 0.1) is 20.8 Å². The second-order valence-electron chi connectivity index (χ2n) is 6.74. The maximum Gasteiger partial charge on any atom is 0.227 e. The molecule has 0 N–H and O–H groups in total. The van der Waals surface area contributed by atoms with E-state index < -0.39 is 0 Å². The van der Waals surface area contributed by atoms with Gasteiger partial charge in [-0.15, -0.1) is 0 Å². The lowest BCUT2D eigenvalue weighted by molar-refractivity contribution is -0.131. The molecule has 1 unspecified atom stereocenters. The Labute approximate surface area is 145 Å². The summed E-state index contributed by atoms with van der Waals surface area (Å²) >= 11 is 0. The predicted molar refractivity (Wildman–Crippen MR) is 92.1 cm³/mol. The summed E-state index contributed by atoms with van der Waals surface area (Å²) in [6.07, 6.45) is 3.85. The Morgan fingerprint density at radius 3 is 2.92 bits per heavy atom. The molecule has 6 nitrogen and oxygen atoms in total. The first-order chi connectivity index (χ1) is 12.0. The fourth-order valence-corrected chi connectivity index (χ4v) is 3.57. The summed E-state index contributed by atoms with van der Waals surface area (Å²) in [6, 6.07) is 4.02. The fourth-order valence-electron chi connectivity index (χ4n) is 3.57. The van der Waals surface area contributed by atoms with Crippen LogP contribution in [0.2, 0.25) is 0 Å². The average molecular weight is 339 g/mol. The monoisotopic (exact) mass is 339 g/mol. The molecule has 0 spiro atoms. The Kier molecular flexibility index (Phi) is 3.82. The average Bonchev–Trinajstić information content (AvgIpc) is 3.30. The Morgan fingerprint density at radius 2 is 2.16 bits per heavy atom. The van der Waals surface area contributed by atoms with Crippen LogP contribution < -0.4 is 0 Å². The van der Waals surface area contributed by atoms with Gasteiger partial charge in [0.05, 0.1) is 18.7 Å². The molecule has 0 saturated carbocycles. The van der Waals surface area contributed by atoms with E-state index in [2.05, 4.69) is 23.1 Å². The van der Waals surface area contributed by atoms with Gasteiger partial charge in [0.25, 0.3) is 0 Å². The van der Waals surface area contributed by atoms with Crippen molar-refractivity contribution in [3.05, 3.63) is 46.8 Å². The molecule has 3 heterocycles. The van der Waals surface area contributed by atoms with Crippen molar-refractivity contribution in [3.8, 4) is 0 Å². The number of amides is 1. The highest BCUT2D eigenvalue weighted by molar-refractivity contribution is 5.89. The second kappa shape index (κ2) is 6.02. The molecule has 4 rings (SSSR count). The highest BCUT2D eigenvalue weighted by Gasteiger charge is 2.33. The van der Waals surface area contributed by atoms with Crippen molar-refractivity contribution in [2.24, 2.45) is 0 Å². The molecule has 0 aliphatic carbocycles. The molecule has 2 aromatic heterocycles. The van der Waals surface area contributed by atoms with Crippen molar-refractivity contribution in [2.45, 2.75) is 46.1 Å². The second-order valence-corrected chi connectivity index (χ2v) is 6.74. The van der Waals surface area contributed by atoms with E-state index in [9.17, 15) is 4.79 Å². The lowest BCUT2D eigenvalue weighted by atomic mass is 10.0. The summed E-state index contributed by atoms with van der Waals surface area (Å²) in [6.45, 7) is 6.59. The summed E-state index contributed by atoms with van der Waals surface area (Å²) in [5, 5.41) is 5.02. The van der Waals surface area contributed by atoms with E-state index >= 15 is 0 Å². The molecule has 25 heavy (non-hydrogen) atoms. The van der Waals surface area contributed by atoms with Gasteiger partial charge >= 0.3 is 0 Å². The Morgan fingerprint density at radius 1 is 1.32 bits per heavy atom. The number of hydrogen-bond donors (Lipinski definition) is 0. The normalized spacial score (nSPS) is 17.6. The highest BCUT2D eigenvalue weighted by atomic mass is 16.5. The third-order valence-electron chi connectivity index (χ3n) is 5.10. The Bertz CT molecular complexity index is 941. The van der Waals surface area contributed by atoms with E-state index in [1.54, 1.807) is 13.2 Å². The first-order valence-electron chi connectivity index (χ1n) is 8.60. The standard InChI is InChI=1S/C19H21N3O3/c1-11-6-7-15-14(10-24-18(15)12(11)2)9-17(23)22-8-4-5-16(22)19-20-13(3)25-21-19/h6-7,10,16H,4-5,8-9H2,1-3H3. The van der Waals surface area contributed by atoms with Crippen molar-refractivity contribution in [1.82, 2.24) is 15.0 Å². The number of benzene rings is 1. The summed E-state index contributed by atoms with van der Waals surface area (Å²) in [4.78, 5) is 19.1. The van der Waals surface area contributed by atoms with E-state index in [1.807, 2.05) is 17.9 Å². The lowest BCUT2D eigenvalue weighted by Gasteiger charge is -2.22. The zero-order chi connectivity index (χ0) is 17.6. The number of aryl methyl sites for hydroxylation is 3. The Hall–Kier alpha value is -2.63. The van der Waals surface area contributed by atoms with Crippen molar-refractivity contribution < 1.29 is 13.7 Å². The maximum absolute atomic E-state index is 12.9. The number of rotatable bonds is 3.